The number of hydrogen-bond acceptors (Lipinski definition) is 7. The third kappa shape index (κ3) is 4.87. The molecule has 0 aromatic heterocycles. The van der Waals surface area contributed by atoms with Gasteiger partial charge in [-0.05, 0) is 48.9 Å². The number of aliphatic hydroxyl groups excluding tert-OH is 2. The van der Waals surface area contributed by atoms with Crippen LogP contribution >= 0.6 is 0 Å². The molecule has 1 aliphatic heterocycles. The Bertz CT molecular complexity index is 951. The first kappa shape index (κ1) is 22.3. The van der Waals surface area contributed by atoms with Crippen molar-refractivity contribution in [1.29, 1.82) is 0 Å². The molecule has 8 heteroatoms. The van der Waals surface area contributed by atoms with Gasteiger partial charge in [0.1, 0.15) is 17.3 Å². The number of ether oxygens (including phenoxy) is 2. The van der Waals surface area contributed by atoms with E-state index in [1.165, 1.54) is 17.0 Å². The fourth-order valence-corrected chi connectivity index (χ4v) is 3.47. The summed E-state index contributed by atoms with van der Waals surface area (Å²) in [5, 5.41) is 29.5. The molecule has 0 bridgehead atoms. The topological polar surface area (TPSA) is 117 Å². The minimum atomic E-state index is -0.843. The first-order valence-electron chi connectivity index (χ1n) is 9.97. The lowest BCUT2D eigenvalue weighted by atomic mass is 9.95. The second kappa shape index (κ2) is 10.1. The molecule has 0 spiro atoms. The van der Waals surface area contributed by atoms with Gasteiger partial charge in [-0.2, -0.15) is 0 Å². The Balaban J connectivity index is 2.02. The van der Waals surface area contributed by atoms with Gasteiger partial charge < -0.3 is 29.7 Å². The zero-order chi connectivity index (χ0) is 22.4. The Morgan fingerprint density at radius 3 is 2.32 bits per heavy atom. The van der Waals surface area contributed by atoms with Gasteiger partial charge >= 0.3 is 0 Å². The van der Waals surface area contributed by atoms with Gasteiger partial charge in [0.05, 0.1) is 38.0 Å². The van der Waals surface area contributed by atoms with Gasteiger partial charge in [0.2, 0.25) is 0 Å². The van der Waals surface area contributed by atoms with Gasteiger partial charge in [0.25, 0.3) is 11.7 Å². The zero-order valence-electron chi connectivity index (χ0n) is 17.2. The quantitative estimate of drug-likeness (QED) is 0.243. The molecule has 1 saturated heterocycles. The fourth-order valence-electron chi connectivity index (χ4n) is 3.47. The number of aliphatic hydroxyl groups is 2. The van der Waals surface area contributed by atoms with Crippen LogP contribution in [0.4, 0.5) is 0 Å². The average Bonchev–Trinajstić information content (AvgIpc) is 3.02. The summed E-state index contributed by atoms with van der Waals surface area (Å²) in [6, 6.07) is 11.8. The van der Waals surface area contributed by atoms with E-state index in [1.807, 2.05) is 6.92 Å². The highest BCUT2D eigenvalue weighted by atomic mass is 16.5. The number of ketones is 1. The van der Waals surface area contributed by atoms with Gasteiger partial charge in [-0.3, -0.25) is 9.59 Å². The van der Waals surface area contributed by atoms with E-state index in [0.29, 0.717) is 23.5 Å². The summed E-state index contributed by atoms with van der Waals surface area (Å²) in [5.41, 5.74) is 0.899. The second-order valence-corrected chi connectivity index (χ2v) is 6.88. The number of Topliss-reactive ketones (excluding diaryl/α,β-unsaturated/α-hetero) is 1. The van der Waals surface area contributed by atoms with E-state index in [2.05, 4.69) is 0 Å². The van der Waals surface area contributed by atoms with Crippen LogP contribution < -0.4 is 4.74 Å². The molecule has 8 nitrogen and oxygen atoms in total. The minimum absolute atomic E-state index is 0.0398. The molecule has 1 aliphatic rings. The highest BCUT2D eigenvalue weighted by molar-refractivity contribution is 6.46. The van der Waals surface area contributed by atoms with Gasteiger partial charge in [-0.25, -0.2) is 0 Å². The molecule has 1 unspecified atom stereocenters. The summed E-state index contributed by atoms with van der Waals surface area (Å²) < 4.78 is 10.7. The average molecular weight is 427 g/mol. The normalized spacial score (nSPS) is 17.9. The Kier molecular flexibility index (Phi) is 7.28. The largest absolute Gasteiger partial charge is 0.508 e. The molecule has 0 aliphatic carbocycles. The van der Waals surface area contributed by atoms with Crippen molar-refractivity contribution in [3.05, 3.63) is 65.2 Å². The monoisotopic (exact) mass is 427 g/mol. The van der Waals surface area contributed by atoms with Gasteiger partial charge in [0.15, 0.2) is 0 Å². The summed E-state index contributed by atoms with van der Waals surface area (Å²) in [6.07, 6.45) is 0. The molecule has 2 aromatic rings. The number of amides is 1. The number of rotatable bonds is 9. The van der Waals surface area contributed by atoms with E-state index in [1.54, 1.807) is 36.4 Å². The van der Waals surface area contributed by atoms with E-state index in [0.717, 1.165) is 0 Å². The van der Waals surface area contributed by atoms with Crippen LogP contribution in [0.2, 0.25) is 0 Å². The van der Waals surface area contributed by atoms with E-state index >= 15 is 0 Å². The molecule has 31 heavy (non-hydrogen) atoms. The van der Waals surface area contributed by atoms with Crippen molar-refractivity contribution in [2.75, 3.05) is 33.0 Å². The Hall–Kier alpha value is -3.36. The molecule has 164 valence electrons. The van der Waals surface area contributed by atoms with Crippen molar-refractivity contribution in [2.24, 2.45) is 0 Å². The van der Waals surface area contributed by atoms with Crippen molar-refractivity contribution in [3.8, 4) is 11.5 Å². The number of benzene rings is 2. The summed E-state index contributed by atoms with van der Waals surface area (Å²) >= 11 is 0. The van der Waals surface area contributed by atoms with Gasteiger partial charge in [0, 0.05) is 12.1 Å². The predicted octanol–water partition coefficient (Wildman–Crippen LogP) is 2.22. The lowest BCUT2D eigenvalue weighted by molar-refractivity contribution is -0.140. The third-order valence-corrected chi connectivity index (χ3v) is 4.90. The number of carbonyl (C=O) groups is 2. The Morgan fingerprint density at radius 1 is 1.03 bits per heavy atom. The number of phenols is 1. The molecule has 3 rings (SSSR count). The lowest BCUT2D eigenvalue weighted by Gasteiger charge is -2.25. The summed E-state index contributed by atoms with van der Waals surface area (Å²) in [5.74, 6) is -1.18. The number of phenolic OH excluding ortho intramolecular Hbond substituents is 1. The Morgan fingerprint density at radius 2 is 1.71 bits per heavy atom. The van der Waals surface area contributed by atoms with E-state index in [9.17, 15) is 19.8 Å². The highest BCUT2D eigenvalue weighted by Gasteiger charge is 2.45. The molecular formula is C23H25NO7. The van der Waals surface area contributed by atoms with Crippen molar-refractivity contribution in [1.82, 2.24) is 4.90 Å². The standard InChI is InChI=1S/C23H25NO7/c1-2-31-18-9-5-16(6-10-18)21(27)19-20(15-3-7-17(26)8-4-15)24(23(29)22(19)28)11-13-30-14-12-25/h3-10,20,25-27H,2,11-14H2,1H3. The summed E-state index contributed by atoms with van der Waals surface area (Å²) in [7, 11) is 0. The van der Waals surface area contributed by atoms with E-state index in [-0.39, 0.29) is 43.4 Å². The fraction of sp³-hybridized carbons (Fsp3) is 0.304. The third-order valence-electron chi connectivity index (χ3n) is 4.90. The number of aromatic hydroxyl groups is 1. The van der Waals surface area contributed by atoms with E-state index < -0.39 is 17.7 Å². The molecule has 2 aromatic carbocycles. The molecule has 1 fully saturated rings. The molecule has 0 radical (unpaired) electrons. The first-order chi connectivity index (χ1) is 15.0. The van der Waals surface area contributed by atoms with Crippen molar-refractivity contribution < 1.29 is 34.4 Å². The SMILES string of the molecule is CCOc1ccc(C(O)=C2C(=O)C(=O)N(CCOCCO)C2c2ccc(O)cc2)cc1. The number of hydrogen-bond donors (Lipinski definition) is 3. The maximum atomic E-state index is 12.9. The maximum Gasteiger partial charge on any atom is 0.295 e. The van der Waals surface area contributed by atoms with Crippen LogP contribution in [0.25, 0.3) is 5.76 Å². The van der Waals surface area contributed by atoms with Gasteiger partial charge in [-0.1, -0.05) is 12.1 Å². The molecule has 1 amide bonds. The zero-order valence-corrected chi connectivity index (χ0v) is 17.2. The van der Waals surface area contributed by atoms with Crippen LogP contribution in [0, 0.1) is 0 Å². The second-order valence-electron chi connectivity index (χ2n) is 6.88. The molecule has 1 heterocycles. The Labute approximate surface area is 180 Å². The maximum absolute atomic E-state index is 12.9. The van der Waals surface area contributed by atoms with Crippen LogP contribution in [0.1, 0.15) is 24.1 Å². The molecular weight excluding hydrogens is 402 g/mol. The van der Waals surface area contributed by atoms with Crippen LogP contribution in [0.5, 0.6) is 11.5 Å². The van der Waals surface area contributed by atoms with Crippen molar-refractivity contribution in [2.45, 2.75) is 13.0 Å². The van der Waals surface area contributed by atoms with Crippen LogP contribution in [-0.2, 0) is 14.3 Å². The smallest absolute Gasteiger partial charge is 0.295 e. The molecule has 3 N–H and O–H groups in total. The number of likely N-dealkylation sites (tertiary alicyclic amines) is 1. The summed E-state index contributed by atoms with van der Waals surface area (Å²) in [4.78, 5) is 27.0. The molecule has 0 saturated carbocycles. The molecule has 1 atom stereocenters. The number of carbonyl (C=O) groups excluding carboxylic acids is 2. The van der Waals surface area contributed by atoms with Crippen molar-refractivity contribution >= 4 is 17.4 Å². The van der Waals surface area contributed by atoms with Crippen LogP contribution in [0.15, 0.2) is 54.1 Å². The lowest BCUT2D eigenvalue weighted by Crippen LogP contribution is -2.33. The number of nitrogens with zero attached hydrogens (tertiary/aromatic N) is 1. The van der Waals surface area contributed by atoms with Crippen LogP contribution in [0.3, 0.4) is 0 Å². The highest BCUT2D eigenvalue weighted by Crippen LogP contribution is 2.39. The van der Waals surface area contributed by atoms with Gasteiger partial charge in [-0.15, -0.1) is 0 Å². The minimum Gasteiger partial charge on any atom is -0.508 e. The van der Waals surface area contributed by atoms with Crippen LogP contribution in [-0.4, -0.2) is 64.9 Å². The first-order valence-corrected chi connectivity index (χ1v) is 9.97. The summed E-state index contributed by atoms with van der Waals surface area (Å²) in [6.45, 7) is 2.52. The predicted molar refractivity (Wildman–Crippen MR) is 113 cm³/mol. The van der Waals surface area contributed by atoms with E-state index in [4.69, 9.17) is 14.6 Å². The van der Waals surface area contributed by atoms with Crippen molar-refractivity contribution in [3.63, 3.8) is 0 Å².